The summed E-state index contributed by atoms with van der Waals surface area (Å²) in [5, 5.41) is 26.6. The predicted molar refractivity (Wildman–Crippen MR) is 187 cm³/mol. The first-order chi connectivity index (χ1) is 23.8. The lowest BCUT2D eigenvalue weighted by Crippen LogP contribution is -2.82. The predicted octanol–water partition coefficient (Wildman–Crippen LogP) is 2.64. The van der Waals surface area contributed by atoms with Crippen LogP contribution in [0.4, 0.5) is 5.69 Å². The zero-order chi connectivity index (χ0) is 35.7. The zero-order valence-electron chi connectivity index (χ0n) is 29.6. The number of carbonyl (C=O) groups excluding carboxylic acids is 3. The monoisotopic (exact) mass is 806 g/mol. The molecular weight excluding hydrogens is 757 g/mol. The Morgan fingerprint density at radius 3 is 2.46 bits per heavy atom. The Labute approximate surface area is 306 Å². The largest absolute Gasteiger partial charge is 0.461 e. The molecule has 2 saturated heterocycles. The van der Waals surface area contributed by atoms with Crippen LogP contribution in [0.1, 0.15) is 56.3 Å². The van der Waals surface area contributed by atoms with Crippen molar-refractivity contribution in [2.75, 3.05) is 53.0 Å². The normalized spacial score (nSPS) is 47.3. The Hall–Kier alpha value is -1.72. The highest BCUT2D eigenvalue weighted by atomic mass is 125. The fourth-order valence-corrected chi connectivity index (χ4v) is 13.7. The number of anilines is 1. The van der Waals surface area contributed by atoms with Crippen LogP contribution in [0.15, 0.2) is 18.2 Å². The van der Waals surface area contributed by atoms with Crippen LogP contribution in [-0.4, -0.2) is 123 Å². The third-order valence-electron chi connectivity index (χ3n) is 14.6. The van der Waals surface area contributed by atoms with E-state index in [0.29, 0.717) is 25.9 Å². The maximum Gasteiger partial charge on any atom is 0.340 e. The molecule has 14 atom stereocenters. The van der Waals surface area contributed by atoms with Crippen molar-refractivity contribution in [3.05, 3.63) is 27.3 Å². The molecule has 5 saturated carbocycles. The Kier molecular flexibility index (Phi) is 8.40. The number of ether oxygens (including phenoxy) is 5. The Bertz CT molecular complexity index is 1610. The van der Waals surface area contributed by atoms with E-state index in [1.54, 1.807) is 53.6 Å². The highest BCUT2D eigenvalue weighted by molar-refractivity contribution is 14.1. The van der Waals surface area contributed by atoms with Gasteiger partial charge in [0.15, 0.2) is 0 Å². The van der Waals surface area contributed by atoms with Crippen LogP contribution in [0.5, 0.6) is 0 Å². The Morgan fingerprint density at radius 2 is 1.84 bits per heavy atom. The van der Waals surface area contributed by atoms with E-state index in [4.69, 9.17) is 23.7 Å². The van der Waals surface area contributed by atoms with Crippen molar-refractivity contribution in [2.45, 2.75) is 87.6 Å². The van der Waals surface area contributed by atoms with Crippen molar-refractivity contribution in [3.63, 3.8) is 0 Å². The summed E-state index contributed by atoms with van der Waals surface area (Å²) in [6, 6.07) is 4.59. The van der Waals surface area contributed by atoms with Crippen molar-refractivity contribution in [3.8, 4) is 0 Å². The zero-order valence-corrected chi connectivity index (χ0v) is 31.8. The van der Waals surface area contributed by atoms with Gasteiger partial charge in [0.2, 0.25) is 11.8 Å². The molecule has 7 fully saturated rings. The SMILES string of the molecule is CCN1C[C@]2(COC(=O)c3cc([125I])ccc3N3C(=O)C[C@H](C)C3=O)CC[C@H](OC)[C@@]34C5C[C@H]6C(OC)C5[C@](O)(C[C@@H]6OC)[C@](O)(C(OC)C23)C14. The maximum atomic E-state index is 14.2. The molecule has 0 radical (unpaired) electrons. The van der Waals surface area contributed by atoms with Crippen LogP contribution >= 0.6 is 22.6 Å². The number of likely N-dealkylation sites (tertiary alicyclic amines) is 1. The molecule has 2 aliphatic heterocycles. The number of fused-ring (bicyclic) bond motifs is 2. The van der Waals surface area contributed by atoms with Crippen LogP contribution in [0.3, 0.4) is 0 Å². The second-order valence-electron chi connectivity index (χ2n) is 16.1. The number of imide groups is 1. The summed E-state index contributed by atoms with van der Waals surface area (Å²) in [5.41, 5.74) is -4.18. The number of carbonyl (C=O) groups is 3. The minimum atomic E-state index is -1.70. The molecule has 0 aromatic heterocycles. The van der Waals surface area contributed by atoms with Gasteiger partial charge in [-0.1, -0.05) is 13.8 Å². The van der Waals surface area contributed by atoms with E-state index >= 15 is 0 Å². The number of piperidine rings is 1. The molecule has 1 aromatic carbocycles. The van der Waals surface area contributed by atoms with Gasteiger partial charge in [-0.3, -0.25) is 14.5 Å². The first kappa shape index (κ1) is 35.3. The molecule has 8 rings (SSSR count). The highest BCUT2D eigenvalue weighted by Crippen LogP contribution is 2.80. The number of amides is 2. The quantitative estimate of drug-likeness (QED) is 0.216. The summed E-state index contributed by atoms with van der Waals surface area (Å²) in [6.45, 7) is 4.95. The molecule has 50 heavy (non-hydrogen) atoms. The summed E-state index contributed by atoms with van der Waals surface area (Å²) in [7, 11) is 6.71. The third kappa shape index (κ3) is 4.09. The van der Waals surface area contributed by atoms with Gasteiger partial charge in [0.05, 0.1) is 48.3 Å². The molecule has 5 aliphatic carbocycles. The molecule has 274 valence electrons. The van der Waals surface area contributed by atoms with Gasteiger partial charge in [0.1, 0.15) is 11.2 Å². The molecule has 12 nitrogen and oxygen atoms in total. The fourth-order valence-electron chi connectivity index (χ4n) is 13.2. The standard InChI is InChI=1S/C37H49IN2O10/c1-7-39-16-34(17-50-32(43)20-13-19(38)8-9-23(20)40-26(41)12-18(2)31(40)42)11-10-25(47-4)36-22-14-21-24(46-3)15-35(44,27(22)28(21)48-5)37(45,33(36)39)30(49-6)29(34)36/h8-9,13,18,21-22,24-25,27-30,33,44-45H,7,10-12,14-17H2,1-6H3/t18-,21+,22?,24-,25-,27?,28?,29?,30?,33?,34-,35+,36-,37-/m0/s1/i38-2. The number of halogens is 1. The number of nitrogens with zero attached hydrogens (tertiary/aromatic N) is 2. The van der Waals surface area contributed by atoms with Crippen molar-refractivity contribution in [2.24, 2.45) is 40.4 Å². The summed E-state index contributed by atoms with van der Waals surface area (Å²) in [6.07, 6.45) is 0.792. The third-order valence-corrected chi connectivity index (χ3v) is 15.3. The molecule has 6 unspecified atom stereocenters. The molecule has 7 bridgehead atoms. The molecule has 1 aromatic rings. The van der Waals surface area contributed by atoms with E-state index in [-0.39, 0.29) is 84.5 Å². The molecular formula is C37H49IN2O10. The first-order valence-corrected chi connectivity index (χ1v) is 19.1. The van der Waals surface area contributed by atoms with E-state index < -0.39 is 46.1 Å². The van der Waals surface area contributed by atoms with Crippen LogP contribution < -0.4 is 4.90 Å². The van der Waals surface area contributed by atoms with Gasteiger partial charge in [-0.15, -0.1) is 0 Å². The number of methoxy groups -OCH3 is 4. The molecule has 2 N–H and O–H groups in total. The molecule has 2 heterocycles. The van der Waals surface area contributed by atoms with Crippen LogP contribution in [-0.2, 0) is 33.3 Å². The van der Waals surface area contributed by atoms with Crippen molar-refractivity contribution >= 4 is 46.1 Å². The second kappa shape index (κ2) is 11.9. The lowest BCUT2D eigenvalue weighted by Gasteiger charge is -2.70. The first-order valence-electron chi connectivity index (χ1n) is 18.0. The number of hydrogen-bond acceptors (Lipinski definition) is 11. The number of rotatable bonds is 9. The molecule has 7 aliphatic rings. The molecule has 2 amide bonds. The summed E-state index contributed by atoms with van der Waals surface area (Å²) in [4.78, 5) is 43.6. The van der Waals surface area contributed by atoms with E-state index in [1.807, 2.05) is 0 Å². The number of aliphatic hydroxyl groups is 2. The highest BCUT2D eigenvalue weighted by Gasteiger charge is 2.91. The van der Waals surface area contributed by atoms with Gasteiger partial charge < -0.3 is 33.9 Å². The average Bonchev–Trinajstić information content (AvgIpc) is 3.63. The van der Waals surface area contributed by atoms with E-state index in [2.05, 4.69) is 34.4 Å². The van der Waals surface area contributed by atoms with Crippen molar-refractivity contribution in [1.82, 2.24) is 4.90 Å². The Morgan fingerprint density at radius 1 is 1.08 bits per heavy atom. The summed E-state index contributed by atoms with van der Waals surface area (Å²) < 4.78 is 32.2. The van der Waals surface area contributed by atoms with Gasteiger partial charge in [0.25, 0.3) is 0 Å². The van der Waals surface area contributed by atoms with Gasteiger partial charge in [0, 0.05) is 85.9 Å². The van der Waals surface area contributed by atoms with Crippen molar-refractivity contribution < 1.29 is 48.3 Å². The van der Waals surface area contributed by atoms with Gasteiger partial charge in [-0.25, -0.2) is 9.69 Å². The topological polar surface area (TPSA) is 144 Å². The van der Waals surface area contributed by atoms with Gasteiger partial charge >= 0.3 is 5.97 Å². The fraction of sp³-hybridized carbons (Fsp3) is 0.757. The minimum Gasteiger partial charge on any atom is -0.461 e. The lowest BCUT2D eigenvalue weighted by atomic mass is 9.42. The maximum absolute atomic E-state index is 14.2. The summed E-state index contributed by atoms with van der Waals surface area (Å²) >= 11 is 2.11. The Balaban J connectivity index is 1.24. The number of esters is 1. The van der Waals surface area contributed by atoms with Crippen molar-refractivity contribution in [1.29, 1.82) is 0 Å². The minimum absolute atomic E-state index is 0.0324. The van der Waals surface area contributed by atoms with E-state index in [1.165, 1.54) is 0 Å². The van der Waals surface area contributed by atoms with Gasteiger partial charge in [-0.2, -0.15) is 0 Å². The average molecular weight is 807 g/mol. The van der Waals surface area contributed by atoms with Crippen LogP contribution in [0.25, 0.3) is 0 Å². The van der Waals surface area contributed by atoms with Crippen LogP contribution in [0.2, 0.25) is 0 Å². The number of benzene rings is 1. The second-order valence-corrected chi connectivity index (χ2v) is 17.3. The van der Waals surface area contributed by atoms with E-state index in [9.17, 15) is 24.6 Å². The molecule has 13 heteroatoms. The van der Waals surface area contributed by atoms with Crippen LogP contribution in [0, 0.1) is 44.0 Å². The molecule has 1 spiro atoms. The number of likely N-dealkylation sites (N-methyl/N-ethyl adjacent to an activating group) is 1. The van der Waals surface area contributed by atoms with E-state index in [0.717, 1.165) is 14.9 Å². The number of hydrogen-bond donors (Lipinski definition) is 2. The lowest BCUT2D eigenvalue weighted by molar-refractivity contribution is -0.320. The smallest absolute Gasteiger partial charge is 0.340 e. The summed E-state index contributed by atoms with van der Waals surface area (Å²) in [5.74, 6) is -2.49. The van der Waals surface area contributed by atoms with Gasteiger partial charge in [-0.05, 0) is 72.5 Å².